The molecule has 0 spiro atoms. The molecule has 0 radical (unpaired) electrons. The molecule has 0 bridgehead atoms. The van der Waals surface area contributed by atoms with Crippen LogP contribution in [0.1, 0.15) is 46.5 Å². The molecule has 1 aliphatic carbocycles. The highest BCUT2D eigenvalue weighted by Gasteiger charge is 2.38. The lowest BCUT2D eigenvalue weighted by Crippen LogP contribution is -2.51. The van der Waals surface area contributed by atoms with Gasteiger partial charge in [0, 0.05) is 12.5 Å². The molecule has 2 amide bonds. The molecule has 35 heavy (non-hydrogen) atoms. The molecule has 2 aromatic carbocycles. The number of anilines is 1. The van der Waals surface area contributed by atoms with Gasteiger partial charge in [0.15, 0.2) is 5.13 Å². The van der Waals surface area contributed by atoms with Crippen molar-refractivity contribution in [3.05, 3.63) is 70.7 Å². The van der Waals surface area contributed by atoms with Crippen molar-refractivity contribution in [2.75, 3.05) is 18.5 Å². The van der Waals surface area contributed by atoms with E-state index in [9.17, 15) is 19.5 Å². The highest BCUT2D eigenvalue weighted by molar-refractivity contribution is 7.17. The third-order valence-electron chi connectivity index (χ3n) is 6.72. The Hall–Kier alpha value is -3.72. The molecule has 8 nitrogen and oxygen atoms in total. The molecule has 2 aliphatic rings. The van der Waals surface area contributed by atoms with Gasteiger partial charge in [-0.15, -0.1) is 0 Å². The maximum Gasteiger partial charge on any atom is 0.413 e. The zero-order chi connectivity index (χ0) is 24.5. The molecule has 3 aromatic rings. The minimum atomic E-state index is -1.01. The lowest BCUT2D eigenvalue weighted by Gasteiger charge is -2.36. The number of aliphatic carboxylic acids is 1. The molecule has 1 aliphatic heterocycles. The Morgan fingerprint density at radius 1 is 1.11 bits per heavy atom. The van der Waals surface area contributed by atoms with Crippen molar-refractivity contribution in [1.82, 2.24) is 9.88 Å². The van der Waals surface area contributed by atoms with Crippen LogP contribution in [0.25, 0.3) is 11.1 Å². The van der Waals surface area contributed by atoms with Crippen molar-refractivity contribution in [3.8, 4) is 11.1 Å². The normalized spacial score (nSPS) is 19.1. The number of thiazole rings is 1. The summed E-state index contributed by atoms with van der Waals surface area (Å²) in [6.07, 6.45) is 2.22. The summed E-state index contributed by atoms with van der Waals surface area (Å²) in [6.45, 7) is 2.39. The summed E-state index contributed by atoms with van der Waals surface area (Å²) in [6, 6.07) is 15.3. The van der Waals surface area contributed by atoms with E-state index in [1.54, 1.807) is 0 Å². The van der Waals surface area contributed by atoms with Gasteiger partial charge in [-0.3, -0.25) is 10.1 Å². The van der Waals surface area contributed by atoms with Gasteiger partial charge in [-0.05, 0) is 41.0 Å². The standard InChI is InChI=1S/C26H25N3O5S/c1-15-7-6-12-29(22(15)24(31)32)23(30)21-13-27-25(35-21)28-26(33)34-14-20-18-10-4-2-8-16(18)17-9-3-5-11-19(17)20/h2-5,8-11,13,15,20,22H,6-7,12,14H2,1H3,(H,31,32)(H,27,28,33). The van der Waals surface area contributed by atoms with Crippen LogP contribution in [0.4, 0.5) is 9.93 Å². The molecule has 2 heterocycles. The summed E-state index contributed by atoms with van der Waals surface area (Å²) in [4.78, 5) is 43.0. The van der Waals surface area contributed by atoms with Gasteiger partial charge in [0.1, 0.15) is 17.5 Å². The van der Waals surface area contributed by atoms with E-state index in [0.29, 0.717) is 6.54 Å². The Bertz CT molecular complexity index is 1240. The first-order valence-corrected chi connectivity index (χ1v) is 12.4. The quantitative estimate of drug-likeness (QED) is 0.529. The number of hydrogen-bond donors (Lipinski definition) is 2. The van der Waals surface area contributed by atoms with Crippen LogP contribution in [0, 0.1) is 5.92 Å². The number of hydrogen-bond acceptors (Lipinski definition) is 6. The predicted molar refractivity (Wildman–Crippen MR) is 132 cm³/mol. The number of rotatable bonds is 5. The Balaban J connectivity index is 1.23. The van der Waals surface area contributed by atoms with Crippen molar-refractivity contribution < 1.29 is 24.2 Å². The van der Waals surface area contributed by atoms with Crippen LogP contribution >= 0.6 is 11.3 Å². The molecular formula is C26H25N3O5S. The van der Waals surface area contributed by atoms with Crippen LogP contribution in [0.5, 0.6) is 0 Å². The Morgan fingerprint density at radius 2 is 1.77 bits per heavy atom. The molecule has 2 N–H and O–H groups in total. The average Bonchev–Trinajstić information content (AvgIpc) is 3.44. The maximum atomic E-state index is 13.0. The predicted octanol–water partition coefficient (Wildman–Crippen LogP) is 4.83. The first kappa shape index (κ1) is 23.0. The number of carbonyl (C=O) groups excluding carboxylic acids is 2. The number of carbonyl (C=O) groups is 3. The fourth-order valence-corrected chi connectivity index (χ4v) is 5.84. The molecule has 2 atom stereocenters. The molecule has 180 valence electrons. The monoisotopic (exact) mass is 491 g/mol. The van der Waals surface area contributed by atoms with Crippen molar-refractivity contribution >= 4 is 34.4 Å². The fourth-order valence-electron chi connectivity index (χ4n) is 5.09. The highest BCUT2D eigenvalue weighted by Crippen LogP contribution is 2.44. The van der Waals surface area contributed by atoms with E-state index in [2.05, 4.69) is 22.4 Å². The number of nitrogens with one attached hydrogen (secondary N) is 1. The van der Waals surface area contributed by atoms with Gasteiger partial charge < -0.3 is 14.7 Å². The van der Waals surface area contributed by atoms with Crippen LogP contribution in [0.3, 0.4) is 0 Å². The number of fused-ring (bicyclic) bond motifs is 3. The van der Waals surface area contributed by atoms with Crippen molar-refractivity contribution in [3.63, 3.8) is 0 Å². The first-order valence-electron chi connectivity index (χ1n) is 11.6. The van der Waals surface area contributed by atoms with E-state index < -0.39 is 18.1 Å². The smallest absolute Gasteiger partial charge is 0.413 e. The summed E-state index contributed by atoms with van der Waals surface area (Å²) in [5, 5.41) is 12.4. The number of benzene rings is 2. The van der Waals surface area contributed by atoms with Crippen molar-refractivity contribution in [2.24, 2.45) is 5.92 Å². The number of ether oxygens (including phenoxy) is 1. The second-order valence-corrected chi connectivity index (χ2v) is 9.91. The van der Waals surface area contributed by atoms with E-state index in [1.807, 2.05) is 43.3 Å². The van der Waals surface area contributed by atoms with E-state index >= 15 is 0 Å². The van der Waals surface area contributed by atoms with Crippen LogP contribution in [0.15, 0.2) is 54.7 Å². The molecule has 9 heteroatoms. The second-order valence-electron chi connectivity index (χ2n) is 8.88. The Labute approximate surface area is 206 Å². The number of carboxylic acid groups (broad SMARTS) is 1. The van der Waals surface area contributed by atoms with Gasteiger partial charge in [0.25, 0.3) is 5.91 Å². The van der Waals surface area contributed by atoms with Gasteiger partial charge >= 0.3 is 12.1 Å². The lowest BCUT2D eigenvalue weighted by molar-refractivity contribution is -0.145. The van der Waals surface area contributed by atoms with Crippen LogP contribution in [-0.4, -0.2) is 52.2 Å². The van der Waals surface area contributed by atoms with Gasteiger partial charge in [-0.1, -0.05) is 66.8 Å². The van der Waals surface area contributed by atoms with Crippen LogP contribution < -0.4 is 5.32 Å². The maximum absolute atomic E-state index is 13.0. The van der Waals surface area contributed by atoms with Gasteiger partial charge in [0.2, 0.25) is 0 Å². The number of aromatic nitrogens is 1. The molecule has 5 rings (SSSR count). The highest BCUT2D eigenvalue weighted by atomic mass is 32.1. The van der Waals surface area contributed by atoms with Gasteiger partial charge in [-0.25, -0.2) is 14.6 Å². The van der Waals surface area contributed by atoms with E-state index in [4.69, 9.17) is 4.74 Å². The summed E-state index contributed by atoms with van der Waals surface area (Å²) in [7, 11) is 0. The summed E-state index contributed by atoms with van der Waals surface area (Å²) >= 11 is 1.01. The Kier molecular flexibility index (Phi) is 6.25. The molecule has 1 aromatic heterocycles. The third-order valence-corrected chi connectivity index (χ3v) is 7.62. The molecule has 1 saturated heterocycles. The number of piperidine rings is 1. The van der Waals surface area contributed by atoms with Gasteiger partial charge in [0.05, 0.1) is 6.20 Å². The lowest BCUT2D eigenvalue weighted by atomic mass is 9.90. The zero-order valence-electron chi connectivity index (χ0n) is 19.1. The zero-order valence-corrected chi connectivity index (χ0v) is 20.0. The molecule has 2 unspecified atom stereocenters. The molecule has 1 fully saturated rings. The topological polar surface area (TPSA) is 109 Å². The van der Waals surface area contributed by atoms with Crippen molar-refractivity contribution in [2.45, 2.75) is 31.7 Å². The summed E-state index contributed by atoms with van der Waals surface area (Å²) in [5.74, 6) is -1.58. The van der Waals surface area contributed by atoms with Crippen LogP contribution in [0.2, 0.25) is 0 Å². The van der Waals surface area contributed by atoms with E-state index in [-0.39, 0.29) is 34.4 Å². The second kappa shape index (κ2) is 9.50. The summed E-state index contributed by atoms with van der Waals surface area (Å²) in [5.41, 5.74) is 4.53. The van der Waals surface area contributed by atoms with E-state index in [0.717, 1.165) is 46.4 Å². The molecule has 0 saturated carbocycles. The number of carboxylic acids is 1. The van der Waals surface area contributed by atoms with Crippen molar-refractivity contribution in [1.29, 1.82) is 0 Å². The van der Waals surface area contributed by atoms with Gasteiger partial charge in [-0.2, -0.15) is 0 Å². The Morgan fingerprint density at radius 3 is 2.43 bits per heavy atom. The number of amides is 2. The summed E-state index contributed by atoms with van der Waals surface area (Å²) < 4.78 is 5.54. The minimum absolute atomic E-state index is 0.0596. The SMILES string of the molecule is CC1CCCN(C(=O)c2cnc(NC(=O)OCC3c4ccccc4-c4ccccc43)s2)C1C(=O)O. The minimum Gasteiger partial charge on any atom is -0.480 e. The third kappa shape index (κ3) is 4.39. The largest absolute Gasteiger partial charge is 0.480 e. The average molecular weight is 492 g/mol. The molecular weight excluding hydrogens is 466 g/mol. The number of likely N-dealkylation sites (tertiary alicyclic amines) is 1. The van der Waals surface area contributed by atoms with E-state index in [1.165, 1.54) is 11.1 Å². The first-order chi connectivity index (χ1) is 16.9. The van der Waals surface area contributed by atoms with Crippen LogP contribution in [-0.2, 0) is 9.53 Å². The number of nitrogens with zero attached hydrogens (tertiary/aromatic N) is 2. The fraction of sp³-hybridized carbons (Fsp3) is 0.308.